The van der Waals surface area contributed by atoms with Gasteiger partial charge in [-0.25, -0.2) is 12.7 Å². The third-order valence-electron chi connectivity index (χ3n) is 6.02. The molecule has 2 aliphatic heterocycles. The van der Waals surface area contributed by atoms with Gasteiger partial charge in [0.1, 0.15) is 4.90 Å². The van der Waals surface area contributed by atoms with Gasteiger partial charge < -0.3 is 10.2 Å². The van der Waals surface area contributed by atoms with Gasteiger partial charge >= 0.3 is 0 Å². The second kappa shape index (κ2) is 9.55. The molecule has 1 N–H and O–H groups in total. The molecule has 34 heavy (non-hydrogen) atoms. The van der Waals surface area contributed by atoms with E-state index in [0.717, 1.165) is 9.87 Å². The first-order chi connectivity index (χ1) is 16.2. The van der Waals surface area contributed by atoms with Crippen LogP contribution in [0.5, 0.6) is 0 Å². The first kappa shape index (κ1) is 23.9. The second-order valence-electron chi connectivity index (χ2n) is 8.74. The molecule has 1 saturated heterocycles. The van der Waals surface area contributed by atoms with Crippen LogP contribution in [0.3, 0.4) is 0 Å². The predicted molar refractivity (Wildman–Crippen MR) is 126 cm³/mol. The van der Waals surface area contributed by atoms with Crippen molar-refractivity contribution in [3.05, 3.63) is 65.2 Å². The molecule has 4 rings (SSSR count). The van der Waals surface area contributed by atoms with Crippen molar-refractivity contribution in [2.75, 3.05) is 32.7 Å². The van der Waals surface area contributed by atoms with Gasteiger partial charge in [-0.05, 0) is 37.6 Å². The zero-order valence-corrected chi connectivity index (χ0v) is 20.0. The zero-order valence-electron chi connectivity index (χ0n) is 19.2. The van der Waals surface area contributed by atoms with Gasteiger partial charge in [0.25, 0.3) is 21.8 Å². The summed E-state index contributed by atoms with van der Waals surface area (Å²) in [5.41, 5.74) is 1.35. The Hall–Kier alpha value is -3.24. The summed E-state index contributed by atoms with van der Waals surface area (Å²) in [6, 6.07) is 13.4. The van der Waals surface area contributed by atoms with Gasteiger partial charge in [-0.1, -0.05) is 30.3 Å². The van der Waals surface area contributed by atoms with Crippen molar-refractivity contribution in [2.24, 2.45) is 0 Å². The summed E-state index contributed by atoms with van der Waals surface area (Å²) in [6.45, 7) is 5.90. The number of carbonyl (C=O) groups is 3. The van der Waals surface area contributed by atoms with E-state index in [1.165, 1.54) is 18.2 Å². The lowest BCUT2D eigenvalue weighted by atomic mass is 10.1. The number of amides is 3. The molecule has 3 amide bonds. The standard InChI is InChI=1S/C24H28N4O5S/c1-17(2)28-24(31)20-9-8-19(14-21(20)34(28,32)33)23(30)27-12-10-26(11-13-27)16-22(29)25-15-18-6-4-3-5-7-18/h3-9,14,17H,10-13,15-16H2,1-2H3,(H,25,29). The fraction of sp³-hybridized carbons (Fsp3) is 0.375. The van der Waals surface area contributed by atoms with Crippen LogP contribution in [0.15, 0.2) is 53.4 Å². The Morgan fingerprint density at radius 2 is 1.68 bits per heavy atom. The summed E-state index contributed by atoms with van der Waals surface area (Å²) in [7, 11) is -3.97. The van der Waals surface area contributed by atoms with E-state index in [2.05, 4.69) is 5.32 Å². The Kier molecular flexibility index (Phi) is 6.72. The van der Waals surface area contributed by atoms with Crippen LogP contribution < -0.4 is 5.32 Å². The highest BCUT2D eigenvalue weighted by Gasteiger charge is 2.43. The average molecular weight is 485 g/mol. The quantitative estimate of drug-likeness (QED) is 0.663. The van der Waals surface area contributed by atoms with Crippen LogP contribution in [0.2, 0.25) is 0 Å². The monoisotopic (exact) mass is 484 g/mol. The third kappa shape index (κ3) is 4.69. The second-order valence-corrected chi connectivity index (χ2v) is 10.5. The maximum Gasteiger partial charge on any atom is 0.269 e. The Balaban J connectivity index is 1.34. The van der Waals surface area contributed by atoms with Crippen LogP contribution in [0.1, 0.15) is 40.1 Å². The maximum atomic E-state index is 13.0. The molecule has 0 bridgehead atoms. The summed E-state index contributed by atoms with van der Waals surface area (Å²) >= 11 is 0. The van der Waals surface area contributed by atoms with Crippen LogP contribution >= 0.6 is 0 Å². The third-order valence-corrected chi connectivity index (χ3v) is 8.02. The molecular weight excluding hydrogens is 456 g/mol. The number of fused-ring (bicyclic) bond motifs is 1. The minimum absolute atomic E-state index is 0.0770. The first-order valence-electron chi connectivity index (χ1n) is 11.2. The molecule has 9 nitrogen and oxygen atoms in total. The Morgan fingerprint density at radius 1 is 1.00 bits per heavy atom. The molecule has 0 unspecified atom stereocenters. The van der Waals surface area contributed by atoms with E-state index in [-0.39, 0.29) is 34.4 Å². The van der Waals surface area contributed by atoms with E-state index in [1.807, 2.05) is 35.2 Å². The van der Waals surface area contributed by atoms with Crippen molar-refractivity contribution < 1.29 is 22.8 Å². The van der Waals surface area contributed by atoms with Gasteiger partial charge in [-0.2, -0.15) is 0 Å². The number of hydrogen-bond donors (Lipinski definition) is 1. The number of sulfonamides is 1. The van der Waals surface area contributed by atoms with Gasteiger partial charge in [-0.3, -0.25) is 19.3 Å². The Morgan fingerprint density at radius 3 is 2.32 bits per heavy atom. The van der Waals surface area contributed by atoms with Crippen LogP contribution in [0.4, 0.5) is 0 Å². The number of benzene rings is 2. The van der Waals surface area contributed by atoms with Crippen LogP contribution in [0.25, 0.3) is 0 Å². The van der Waals surface area contributed by atoms with Crippen molar-refractivity contribution in [1.29, 1.82) is 0 Å². The molecule has 2 heterocycles. The molecule has 0 saturated carbocycles. The zero-order chi connectivity index (χ0) is 24.5. The number of nitrogens with one attached hydrogen (secondary N) is 1. The van der Waals surface area contributed by atoms with Crippen molar-refractivity contribution in [2.45, 2.75) is 31.3 Å². The lowest BCUT2D eigenvalue weighted by Crippen LogP contribution is -2.51. The summed E-state index contributed by atoms with van der Waals surface area (Å²) in [5, 5.41) is 2.90. The van der Waals surface area contributed by atoms with E-state index in [1.54, 1.807) is 18.7 Å². The topological polar surface area (TPSA) is 107 Å². The maximum absolute atomic E-state index is 13.0. The van der Waals surface area contributed by atoms with Crippen molar-refractivity contribution in [1.82, 2.24) is 19.4 Å². The molecule has 2 aromatic carbocycles. The lowest BCUT2D eigenvalue weighted by Gasteiger charge is -2.34. The molecule has 0 aliphatic carbocycles. The van der Waals surface area contributed by atoms with Crippen molar-refractivity contribution in [3.8, 4) is 0 Å². The SMILES string of the molecule is CC(C)N1C(=O)c2ccc(C(=O)N3CCN(CC(=O)NCc4ccccc4)CC3)cc2S1(=O)=O. The molecular formula is C24H28N4O5S. The fourth-order valence-electron chi connectivity index (χ4n) is 4.24. The van der Waals surface area contributed by atoms with Gasteiger partial charge in [0, 0.05) is 44.3 Å². The van der Waals surface area contributed by atoms with Crippen molar-refractivity contribution >= 4 is 27.7 Å². The Bertz CT molecular complexity index is 1210. The van der Waals surface area contributed by atoms with E-state index in [9.17, 15) is 22.8 Å². The van der Waals surface area contributed by atoms with E-state index < -0.39 is 22.0 Å². The van der Waals surface area contributed by atoms with Crippen LogP contribution in [-0.2, 0) is 21.4 Å². The van der Waals surface area contributed by atoms with Crippen LogP contribution in [-0.4, -0.2) is 79.0 Å². The lowest BCUT2D eigenvalue weighted by molar-refractivity contribution is -0.122. The van der Waals surface area contributed by atoms with Gasteiger partial charge in [0.15, 0.2) is 0 Å². The summed E-state index contributed by atoms with van der Waals surface area (Å²) in [5.74, 6) is -0.934. The predicted octanol–water partition coefficient (Wildman–Crippen LogP) is 1.31. The fourth-order valence-corrected chi connectivity index (χ4v) is 6.03. The highest BCUT2D eigenvalue weighted by molar-refractivity contribution is 7.90. The van der Waals surface area contributed by atoms with Crippen molar-refractivity contribution in [3.63, 3.8) is 0 Å². The molecule has 180 valence electrons. The largest absolute Gasteiger partial charge is 0.351 e. The average Bonchev–Trinajstić information content (AvgIpc) is 3.03. The molecule has 2 aromatic rings. The van der Waals surface area contributed by atoms with Gasteiger partial charge in [0.05, 0.1) is 12.1 Å². The molecule has 0 radical (unpaired) electrons. The molecule has 2 aliphatic rings. The summed E-state index contributed by atoms with van der Waals surface area (Å²) < 4.78 is 26.5. The van der Waals surface area contributed by atoms with E-state index in [0.29, 0.717) is 32.7 Å². The van der Waals surface area contributed by atoms with E-state index in [4.69, 9.17) is 0 Å². The summed E-state index contributed by atoms with van der Waals surface area (Å²) in [4.78, 5) is 41.3. The first-order valence-corrected chi connectivity index (χ1v) is 12.7. The van der Waals surface area contributed by atoms with Crippen LogP contribution in [0, 0.1) is 0 Å². The number of rotatable bonds is 6. The highest BCUT2D eigenvalue weighted by atomic mass is 32.2. The number of carbonyl (C=O) groups excluding carboxylic acids is 3. The minimum Gasteiger partial charge on any atom is -0.351 e. The highest BCUT2D eigenvalue weighted by Crippen LogP contribution is 2.32. The molecule has 0 aromatic heterocycles. The molecule has 1 fully saturated rings. The van der Waals surface area contributed by atoms with E-state index >= 15 is 0 Å². The van der Waals surface area contributed by atoms with Gasteiger partial charge in [-0.15, -0.1) is 0 Å². The minimum atomic E-state index is -3.97. The molecule has 0 atom stereocenters. The smallest absolute Gasteiger partial charge is 0.269 e. The Labute approximate surface area is 199 Å². The summed E-state index contributed by atoms with van der Waals surface area (Å²) in [6.07, 6.45) is 0. The normalized spacial score (nSPS) is 17.7. The number of hydrogen-bond acceptors (Lipinski definition) is 6. The van der Waals surface area contributed by atoms with Gasteiger partial charge in [0.2, 0.25) is 5.91 Å². The number of piperazine rings is 1. The molecule has 0 spiro atoms. The molecule has 10 heteroatoms. The number of nitrogens with zero attached hydrogens (tertiary/aromatic N) is 3.